The number of benzene rings is 1. The van der Waals surface area contributed by atoms with Crippen LogP contribution >= 0.6 is 0 Å². The van der Waals surface area contributed by atoms with E-state index in [0.717, 1.165) is 28.2 Å². The van der Waals surface area contributed by atoms with Crippen LogP contribution in [0.15, 0.2) is 36.7 Å². The van der Waals surface area contributed by atoms with Gasteiger partial charge in [0.15, 0.2) is 0 Å². The predicted molar refractivity (Wildman–Crippen MR) is 77.4 cm³/mol. The fourth-order valence-electron chi connectivity index (χ4n) is 1.86. The number of ether oxygens (including phenoxy) is 2. The monoisotopic (exact) mass is 255 g/mol. The standard InChI is InChI=1S/C16H17NO2/c1-12-10-16(19-3)14(11-15(12)18-2)5-4-13-6-8-17-9-7-13/h4-11H,1-3H3/b5-4+. The predicted octanol–water partition coefficient (Wildman–Crippen LogP) is 3.58. The van der Waals surface area contributed by atoms with Crippen LogP contribution in [0.5, 0.6) is 11.5 Å². The minimum atomic E-state index is 0.837. The summed E-state index contributed by atoms with van der Waals surface area (Å²) in [6, 6.07) is 7.86. The molecule has 0 bridgehead atoms. The summed E-state index contributed by atoms with van der Waals surface area (Å²) in [5.74, 6) is 1.69. The third-order valence-electron chi connectivity index (χ3n) is 2.91. The molecule has 0 radical (unpaired) electrons. The molecule has 0 saturated carbocycles. The first kappa shape index (κ1) is 13.1. The number of hydrogen-bond donors (Lipinski definition) is 0. The Labute approximate surface area is 113 Å². The van der Waals surface area contributed by atoms with Gasteiger partial charge in [-0.3, -0.25) is 4.98 Å². The number of aryl methyl sites for hydroxylation is 1. The third-order valence-corrected chi connectivity index (χ3v) is 2.91. The molecule has 98 valence electrons. The van der Waals surface area contributed by atoms with Crippen LogP contribution < -0.4 is 9.47 Å². The summed E-state index contributed by atoms with van der Waals surface area (Å²) >= 11 is 0. The Balaban J connectivity index is 2.36. The molecule has 3 heteroatoms. The van der Waals surface area contributed by atoms with Crippen LogP contribution in [-0.2, 0) is 0 Å². The van der Waals surface area contributed by atoms with Gasteiger partial charge in [0.25, 0.3) is 0 Å². The van der Waals surface area contributed by atoms with Crippen LogP contribution in [0, 0.1) is 6.92 Å². The molecular weight excluding hydrogens is 238 g/mol. The van der Waals surface area contributed by atoms with E-state index in [-0.39, 0.29) is 0 Å². The van der Waals surface area contributed by atoms with E-state index >= 15 is 0 Å². The Morgan fingerprint density at radius 2 is 1.63 bits per heavy atom. The molecule has 0 unspecified atom stereocenters. The van der Waals surface area contributed by atoms with Crippen LogP contribution in [0.1, 0.15) is 16.7 Å². The lowest BCUT2D eigenvalue weighted by molar-refractivity contribution is 0.400. The second-order valence-corrected chi connectivity index (χ2v) is 4.18. The number of nitrogens with zero attached hydrogens (tertiary/aromatic N) is 1. The third kappa shape index (κ3) is 3.13. The lowest BCUT2D eigenvalue weighted by Crippen LogP contribution is -1.92. The van der Waals surface area contributed by atoms with Gasteiger partial charge in [0, 0.05) is 18.0 Å². The molecule has 2 aromatic rings. The van der Waals surface area contributed by atoms with Gasteiger partial charge in [0.1, 0.15) is 11.5 Å². The number of aromatic nitrogens is 1. The lowest BCUT2D eigenvalue weighted by atomic mass is 10.1. The first-order valence-corrected chi connectivity index (χ1v) is 6.05. The van der Waals surface area contributed by atoms with Crippen molar-refractivity contribution in [2.45, 2.75) is 6.92 Å². The molecule has 1 aromatic carbocycles. The van der Waals surface area contributed by atoms with Crippen molar-refractivity contribution in [3.05, 3.63) is 53.3 Å². The lowest BCUT2D eigenvalue weighted by Gasteiger charge is -2.10. The highest BCUT2D eigenvalue weighted by atomic mass is 16.5. The molecule has 0 aliphatic heterocycles. The van der Waals surface area contributed by atoms with Crippen LogP contribution in [0.2, 0.25) is 0 Å². The number of methoxy groups -OCH3 is 2. The average Bonchev–Trinajstić information content (AvgIpc) is 2.46. The van der Waals surface area contributed by atoms with E-state index in [4.69, 9.17) is 9.47 Å². The Morgan fingerprint density at radius 3 is 2.26 bits per heavy atom. The molecule has 0 aliphatic carbocycles. The first-order chi connectivity index (χ1) is 9.24. The Morgan fingerprint density at radius 1 is 0.947 bits per heavy atom. The van der Waals surface area contributed by atoms with Crippen molar-refractivity contribution in [1.29, 1.82) is 0 Å². The number of hydrogen-bond acceptors (Lipinski definition) is 3. The highest BCUT2D eigenvalue weighted by Crippen LogP contribution is 2.29. The summed E-state index contributed by atoms with van der Waals surface area (Å²) in [6.07, 6.45) is 7.57. The molecule has 2 rings (SSSR count). The van der Waals surface area contributed by atoms with Crippen molar-refractivity contribution < 1.29 is 9.47 Å². The molecule has 0 atom stereocenters. The summed E-state index contributed by atoms with van der Waals surface area (Å²) in [5.41, 5.74) is 3.14. The van der Waals surface area contributed by atoms with Crippen LogP contribution in [0.25, 0.3) is 12.2 Å². The highest BCUT2D eigenvalue weighted by Gasteiger charge is 2.06. The van der Waals surface area contributed by atoms with E-state index in [1.54, 1.807) is 26.6 Å². The minimum Gasteiger partial charge on any atom is -0.496 e. The normalized spacial score (nSPS) is 10.7. The van der Waals surface area contributed by atoms with Gasteiger partial charge in [-0.15, -0.1) is 0 Å². The molecule has 0 spiro atoms. The quantitative estimate of drug-likeness (QED) is 0.836. The molecule has 1 aromatic heterocycles. The summed E-state index contributed by atoms with van der Waals surface area (Å²) in [6.45, 7) is 2.00. The Kier molecular flexibility index (Phi) is 4.18. The van der Waals surface area contributed by atoms with Gasteiger partial charge in [-0.25, -0.2) is 0 Å². The van der Waals surface area contributed by atoms with Gasteiger partial charge >= 0.3 is 0 Å². The molecule has 3 nitrogen and oxygen atoms in total. The zero-order chi connectivity index (χ0) is 13.7. The van der Waals surface area contributed by atoms with Crippen molar-refractivity contribution in [2.75, 3.05) is 14.2 Å². The SMILES string of the molecule is COc1cc(/C=C/c2ccncc2)c(OC)cc1C. The highest BCUT2D eigenvalue weighted by molar-refractivity contribution is 5.73. The molecule has 1 heterocycles. The number of rotatable bonds is 4. The van der Waals surface area contributed by atoms with Crippen molar-refractivity contribution in [2.24, 2.45) is 0 Å². The molecule has 0 saturated heterocycles. The van der Waals surface area contributed by atoms with Crippen molar-refractivity contribution in [3.63, 3.8) is 0 Å². The van der Waals surface area contributed by atoms with Crippen LogP contribution in [0.3, 0.4) is 0 Å². The van der Waals surface area contributed by atoms with E-state index in [2.05, 4.69) is 4.98 Å². The maximum Gasteiger partial charge on any atom is 0.126 e. The van der Waals surface area contributed by atoms with E-state index in [0.29, 0.717) is 0 Å². The maximum atomic E-state index is 5.39. The average molecular weight is 255 g/mol. The minimum absolute atomic E-state index is 0.837. The van der Waals surface area contributed by atoms with Gasteiger partial charge < -0.3 is 9.47 Å². The Bertz CT molecular complexity index is 577. The molecular formula is C16H17NO2. The Hall–Kier alpha value is -2.29. The van der Waals surface area contributed by atoms with E-state index in [9.17, 15) is 0 Å². The fraction of sp³-hybridized carbons (Fsp3) is 0.188. The van der Waals surface area contributed by atoms with E-state index < -0.39 is 0 Å². The maximum absolute atomic E-state index is 5.39. The summed E-state index contributed by atoms with van der Waals surface area (Å²) in [5, 5.41) is 0. The smallest absolute Gasteiger partial charge is 0.126 e. The molecule has 0 fully saturated rings. The van der Waals surface area contributed by atoms with Crippen molar-refractivity contribution in [1.82, 2.24) is 4.98 Å². The first-order valence-electron chi connectivity index (χ1n) is 6.05. The van der Waals surface area contributed by atoms with E-state index in [1.807, 2.05) is 43.3 Å². The molecule has 0 N–H and O–H groups in total. The molecule has 0 amide bonds. The second kappa shape index (κ2) is 6.05. The van der Waals surface area contributed by atoms with Gasteiger partial charge in [-0.1, -0.05) is 12.2 Å². The van der Waals surface area contributed by atoms with E-state index in [1.165, 1.54) is 0 Å². The van der Waals surface area contributed by atoms with Crippen LogP contribution in [-0.4, -0.2) is 19.2 Å². The summed E-state index contributed by atoms with van der Waals surface area (Å²) < 4.78 is 10.7. The van der Waals surface area contributed by atoms with Gasteiger partial charge in [0.05, 0.1) is 14.2 Å². The zero-order valence-corrected chi connectivity index (χ0v) is 11.4. The van der Waals surface area contributed by atoms with Crippen molar-refractivity contribution >= 4 is 12.2 Å². The topological polar surface area (TPSA) is 31.4 Å². The largest absolute Gasteiger partial charge is 0.496 e. The van der Waals surface area contributed by atoms with Gasteiger partial charge in [0.2, 0.25) is 0 Å². The second-order valence-electron chi connectivity index (χ2n) is 4.18. The van der Waals surface area contributed by atoms with Gasteiger partial charge in [-0.05, 0) is 42.3 Å². The molecule has 0 aliphatic rings. The fourth-order valence-corrected chi connectivity index (χ4v) is 1.86. The number of pyridine rings is 1. The van der Waals surface area contributed by atoms with Crippen molar-refractivity contribution in [3.8, 4) is 11.5 Å². The summed E-state index contributed by atoms with van der Waals surface area (Å²) in [7, 11) is 3.34. The van der Waals surface area contributed by atoms with Crippen LogP contribution in [0.4, 0.5) is 0 Å². The molecule has 19 heavy (non-hydrogen) atoms. The summed E-state index contributed by atoms with van der Waals surface area (Å²) in [4.78, 5) is 3.99. The zero-order valence-electron chi connectivity index (χ0n) is 11.4. The van der Waals surface area contributed by atoms with Gasteiger partial charge in [-0.2, -0.15) is 0 Å².